The molecule has 0 bridgehead atoms. The SMILES string of the molecule is CN(CCc1cccs1)c1cncc(CO)n1. The summed E-state index contributed by atoms with van der Waals surface area (Å²) in [5.41, 5.74) is 0.602. The summed E-state index contributed by atoms with van der Waals surface area (Å²) in [7, 11) is 1.98. The highest BCUT2D eigenvalue weighted by molar-refractivity contribution is 7.09. The lowest BCUT2D eigenvalue weighted by molar-refractivity contribution is 0.276. The average molecular weight is 249 g/mol. The maximum atomic E-state index is 9.00. The Bertz CT molecular complexity index is 459. The summed E-state index contributed by atoms with van der Waals surface area (Å²) in [6.45, 7) is 0.823. The van der Waals surface area contributed by atoms with Crippen molar-refractivity contribution in [3.05, 3.63) is 40.5 Å². The van der Waals surface area contributed by atoms with Gasteiger partial charge in [-0.2, -0.15) is 0 Å². The molecule has 4 nitrogen and oxygen atoms in total. The molecule has 0 saturated heterocycles. The first-order valence-corrected chi connectivity index (χ1v) is 6.33. The van der Waals surface area contributed by atoms with Crippen LogP contribution in [-0.4, -0.2) is 28.7 Å². The second kappa shape index (κ2) is 5.75. The maximum absolute atomic E-state index is 9.00. The normalized spacial score (nSPS) is 10.5. The van der Waals surface area contributed by atoms with Crippen LogP contribution in [0.2, 0.25) is 0 Å². The molecule has 0 aromatic carbocycles. The number of aliphatic hydroxyl groups is 1. The number of rotatable bonds is 5. The van der Waals surface area contributed by atoms with Gasteiger partial charge in [-0.3, -0.25) is 4.98 Å². The van der Waals surface area contributed by atoms with Gasteiger partial charge in [0.25, 0.3) is 0 Å². The number of hydrogen-bond donors (Lipinski definition) is 1. The smallest absolute Gasteiger partial charge is 0.147 e. The molecule has 2 heterocycles. The molecule has 0 radical (unpaired) electrons. The van der Waals surface area contributed by atoms with E-state index in [1.807, 2.05) is 11.9 Å². The Morgan fingerprint density at radius 1 is 1.41 bits per heavy atom. The highest BCUT2D eigenvalue weighted by Crippen LogP contribution is 2.12. The van der Waals surface area contributed by atoms with Gasteiger partial charge in [0.15, 0.2) is 0 Å². The van der Waals surface area contributed by atoms with Crippen molar-refractivity contribution in [1.82, 2.24) is 9.97 Å². The topological polar surface area (TPSA) is 49.2 Å². The number of aromatic nitrogens is 2. The van der Waals surface area contributed by atoms with Crippen molar-refractivity contribution in [3.63, 3.8) is 0 Å². The van der Waals surface area contributed by atoms with Crippen molar-refractivity contribution >= 4 is 17.2 Å². The van der Waals surface area contributed by atoms with Crippen LogP contribution in [0.1, 0.15) is 10.6 Å². The first kappa shape index (κ1) is 12.0. The van der Waals surface area contributed by atoms with E-state index >= 15 is 0 Å². The molecule has 2 rings (SSSR count). The molecule has 0 fully saturated rings. The van der Waals surface area contributed by atoms with Crippen molar-refractivity contribution in [2.75, 3.05) is 18.5 Å². The Kier molecular flexibility index (Phi) is 4.06. The summed E-state index contributed by atoms with van der Waals surface area (Å²) >= 11 is 1.77. The van der Waals surface area contributed by atoms with Crippen LogP contribution in [0.15, 0.2) is 29.9 Å². The van der Waals surface area contributed by atoms with E-state index in [9.17, 15) is 0 Å². The molecule has 2 aromatic rings. The third-order valence-corrected chi connectivity index (χ3v) is 3.43. The Balaban J connectivity index is 1.96. The van der Waals surface area contributed by atoms with Gasteiger partial charge < -0.3 is 10.0 Å². The predicted molar refractivity (Wildman–Crippen MR) is 69.2 cm³/mol. The monoisotopic (exact) mass is 249 g/mol. The first-order valence-electron chi connectivity index (χ1n) is 5.45. The third-order valence-electron chi connectivity index (χ3n) is 2.50. The number of thiophene rings is 1. The number of likely N-dealkylation sites (N-methyl/N-ethyl adjacent to an activating group) is 1. The standard InChI is InChI=1S/C12H15N3OS/c1-15(5-4-11-3-2-6-17-11)12-8-13-7-10(9-16)14-12/h2-3,6-8,16H,4-5,9H2,1H3. The molecule has 0 saturated carbocycles. The zero-order valence-corrected chi connectivity index (χ0v) is 10.5. The van der Waals surface area contributed by atoms with Crippen molar-refractivity contribution in [2.24, 2.45) is 0 Å². The minimum Gasteiger partial charge on any atom is -0.390 e. The van der Waals surface area contributed by atoms with E-state index < -0.39 is 0 Å². The largest absolute Gasteiger partial charge is 0.390 e. The van der Waals surface area contributed by atoms with Crippen molar-refractivity contribution < 1.29 is 5.11 Å². The van der Waals surface area contributed by atoms with Crippen LogP contribution in [0.5, 0.6) is 0 Å². The Labute approximate surface area is 105 Å². The molecule has 0 aliphatic carbocycles. The van der Waals surface area contributed by atoms with E-state index in [2.05, 4.69) is 27.5 Å². The maximum Gasteiger partial charge on any atom is 0.147 e. The second-order valence-electron chi connectivity index (χ2n) is 3.78. The van der Waals surface area contributed by atoms with E-state index in [0.717, 1.165) is 18.8 Å². The number of anilines is 1. The summed E-state index contributed by atoms with van der Waals surface area (Å²) in [5, 5.41) is 11.1. The molecule has 0 unspecified atom stereocenters. The Morgan fingerprint density at radius 2 is 2.29 bits per heavy atom. The minimum atomic E-state index is -0.0698. The van der Waals surface area contributed by atoms with E-state index in [4.69, 9.17) is 5.11 Å². The highest BCUT2D eigenvalue weighted by Gasteiger charge is 2.04. The Morgan fingerprint density at radius 3 is 3.00 bits per heavy atom. The average Bonchev–Trinajstić information content (AvgIpc) is 2.89. The second-order valence-corrected chi connectivity index (χ2v) is 4.81. The molecule has 0 atom stereocenters. The molecular formula is C12H15N3OS. The van der Waals surface area contributed by atoms with Gasteiger partial charge in [0.05, 0.1) is 24.7 Å². The molecule has 0 aliphatic heterocycles. The van der Waals surface area contributed by atoms with E-state index in [0.29, 0.717) is 5.69 Å². The molecule has 5 heteroatoms. The summed E-state index contributed by atoms with van der Waals surface area (Å²) in [6.07, 6.45) is 4.30. The van der Waals surface area contributed by atoms with Crippen LogP contribution in [0.25, 0.3) is 0 Å². The van der Waals surface area contributed by atoms with Crippen molar-refractivity contribution in [3.8, 4) is 0 Å². The molecule has 17 heavy (non-hydrogen) atoms. The fraction of sp³-hybridized carbons (Fsp3) is 0.333. The first-order chi connectivity index (χ1) is 8.29. The third kappa shape index (κ3) is 3.25. The van der Waals surface area contributed by atoms with Gasteiger partial charge in [0.2, 0.25) is 0 Å². The molecular weight excluding hydrogens is 234 g/mol. The summed E-state index contributed by atoms with van der Waals surface area (Å²) in [6, 6.07) is 4.19. The van der Waals surface area contributed by atoms with E-state index in [1.54, 1.807) is 23.7 Å². The van der Waals surface area contributed by atoms with Gasteiger partial charge in [0, 0.05) is 18.5 Å². The van der Waals surface area contributed by atoms with Crippen LogP contribution in [0.4, 0.5) is 5.82 Å². The quantitative estimate of drug-likeness (QED) is 0.876. The number of hydrogen-bond acceptors (Lipinski definition) is 5. The minimum absolute atomic E-state index is 0.0698. The van der Waals surface area contributed by atoms with E-state index in [-0.39, 0.29) is 6.61 Å². The number of aliphatic hydroxyl groups excluding tert-OH is 1. The molecule has 90 valence electrons. The van der Waals surface area contributed by atoms with Gasteiger partial charge in [-0.1, -0.05) is 6.07 Å². The zero-order chi connectivity index (χ0) is 12.1. The predicted octanol–water partition coefficient (Wildman–Crippen LogP) is 1.71. The lowest BCUT2D eigenvalue weighted by Crippen LogP contribution is -2.21. The molecule has 0 aliphatic rings. The molecule has 0 amide bonds. The zero-order valence-electron chi connectivity index (χ0n) is 9.71. The van der Waals surface area contributed by atoms with Gasteiger partial charge in [0.1, 0.15) is 5.82 Å². The van der Waals surface area contributed by atoms with Crippen LogP contribution < -0.4 is 4.90 Å². The summed E-state index contributed by atoms with van der Waals surface area (Å²) < 4.78 is 0. The van der Waals surface area contributed by atoms with Crippen molar-refractivity contribution in [2.45, 2.75) is 13.0 Å². The van der Waals surface area contributed by atoms with Gasteiger partial charge in [-0.25, -0.2) is 4.98 Å². The van der Waals surface area contributed by atoms with E-state index in [1.165, 1.54) is 4.88 Å². The van der Waals surface area contributed by atoms with Gasteiger partial charge in [-0.05, 0) is 17.9 Å². The van der Waals surface area contributed by atoms with Crippen LogP contribution in [0, 0.1) is 0 Å². The van der Waals surface area contributed by atoms with Crippen LogP contribution >= 0.6 is 11.3 Å². The molecule has 0 spiro atoms. The lowest BCUT2D eigenvalue weighted by atomic mass is 10.3. The van der Waals surface area contributed by atoms with Crippen LogP contribution in [-0.2, 0) is 13.0 Å². The Hall–Kier alpha value is -1.46. The summed E-state index contributed by atoms with van der Waals surface area (Å²) in [5.74, 6) is 0.799. The highest BCUT2D eigenvalue weighted by atomic mass is 32.1. The fourth-order valence-electron chi connectivity index (χ4n) is 1.50. The van der Waals surface area contributed by atoms with Crippen LogP contribution in [0.3, 0.4) is 0 Å². The summed E-state index contributed by atoms with van der Waals surface area (Å²) in [4.78, 5) is 11.8. The molecule has 2 aromatic heterocycles. The van der Waals surface area contributed by atoms with Gasteiger partial charge >= 0.3 is 0 Å². The van der Waals surface area contributed by atoms with Gasteiger partial charge in [-0.15, -0.1) is 11.3 Å². The molecule has 1 N–H and O–H groups in total. The fourth-order valence-corrected chi connectivity index (χ4v) is 2.20. The van der Waals surface area contributed by atoms with Crippen molar-refractivity contribution in [1.29, 1.82) is 0 Å². The number of nitrogens with zero attached hydrogens (tertiary/aromatic N) is 3. The lowest BCUT2D eigenvalue weighted by Gasteiger charge is -2.17.